The molecule has 0 aliphatic heterocycles. The maximum atomic E-state index is 9.46. The lowest BCUT2D eigenvalue weighted by Gasteiger charge is -2.39. The maximum Gasteiger partial charge on any atom is 0.138 e. The lowest BCUT2D eigenvalue weighted by molar-refractivity contribution is 0.0298. The summed E-state index contributed by atoms with van der Waals surface area (Å²) in [7, 11) is 0. The molecule has 0 saturated heterocycles. The highest BCUT2D eigenvalue weighted by Gasteiger charge is 2.62. The van der Waals surface area contributed by atoms with Crippen LogP contribution in [0.3, 0.4) is 0 Å². The molecule has 112 valence electrons. The Hall–Kier alpha value is -1.14. The Morgan fingerprint density at radius 1 is 1.33 bits per heavy atom. The van der Waals surface area contributed by atoms with Gasteiger partial charge < -0.3 is 4.74 Å². The normalized spacial score (nSPS) is 32.9. The molecule has 3 heteroatoms. The smallest absolute Gasteiger partial charge is 0.138 e. The van der Waals surface area contributed by atoms with Crippen molar-refractivity contribution in [2.75, 3.05) is 6.26 Å². The Morgan fingerprint density at radius 3 is 2.62 bits per heavy atom. The Labute approximate surface area is 131 Å². The zero-order chi connectivity index (χ0) is 15.3. The Kier molecular flexibility index (Phi) is 3.48. The van der Waals surface area contributed by atoms with Crippen molar-refractivity contribution in [3.05, 3.63) is 23.8 Å². The minimum atomic E-state index is 0.222. The molecule has 0 N–H and O–H groups in total. The van der Waals surface area contributed by atoms with Crippen LogP contribution >= 0.6 is 11.8 Å². The number of hydrogen-bond acceptors (Lipinski definition) is 3. The number of ether oxygens (including phenoxy) is 1. The topological polar surface area (TPSA) is 33.0 Å². The first-order chi connectivity index (χ1) is 9.94. The first-order valence-electron chi connectivity index (χ1n) is 7.68. The summed E-state index contributed by atoms with van der Waals surface area (Å²) in [5.74, 6) is 1.51. The molecular formula is C18H23NOS. The van der Waals surface area contributed by atoms with Crippen molar-refractivity contribution in [3.8, 4) is 11.8 Å². The molecule has 1 aromatic rings. The van der Waals surface area contributed by atoms with Gasteiger partial charge in [0.2, 0.25) is 0 Å². The second kappa shape index (κ2) is 4.95. The molecule has 2 aliphatic carbocycles. The predicted molar refractivity (Wildman–Crippen MR) is 86.6 cm³/mol. The number of nitriles is 1. The molecule has 2 nitrogen and oxygen atoms in total. The molecular weight excluding hydrogens is 278 g/mol. The minimum Gasteiger partial charge on any atom is -0.488 e. The first kappa shape index (κ1) is 14.8. The third kappa shape index (κ3) is 1.99. The van der Waals surface area contributed by atoms with Gasteiger partial charge in [0, 0.05) is 10.3 Å². The second-order valence-corrected chi connectivity index (χ2v) is 8.01. The fourth-order valence-electron chi connectivity index (χ4n) is 4.35. The number of benzene rings is 1. The van der Waals surface area contributed by atoms with Gasteiger partial charge in [-0.1, -0.05) is 26.8 Å². The van der Waals surface area contributed by atoms with Gasteiger partial charge in [0.15, 0.2) is 0 Å². The van der Waals surface area contributed by atoms with Gasteiger partial charge in [0.1, 0.15) is 23.5 Å². The lowest BCUT2D eigenvalue weighted by atomic mass is 9.70. The third-order valence-electron chi connectivity index (χ3n) is 6.30. The third-order valence-corrected chi connectivity index (χ3v) is 7.08. The molecule has 0 radical (unpaired) electrons. The molecule has 2 saturated carbocycles. The van der Waals surface area contributed by atoms with Crippen LogP contribution in [0.5, 0.6) is 5.75 Å². The van der Waals surface area contributed by atoms with Gasteiger partial charge in [-0.05, 0) is 49.0 Å². The van der Waals surface area contributed by atoms with E-state index in [0.29, 0.717) is 11.0 Å². The fraction of sp³-hybridized carbons (Fsp3) is 0.611. The van der Waals surface area contributed by atoms with Crippen LogP contribution in [0.4, 0.5) is 0 Å². The monoisotopic (exact) mass is 301 g/mol. The molecule has 1 aromatic carbocycles. The summed E-state index contributed by atoms with van der Waals surface area (Å²) in [5, 5.41) is 9.46. The molecule has 2 aliphatic rings. The molecule has 0 aromatic heterocycles. The van der Waals surface area contributed by atoms with Crippen molar-refractivity contribution in [1.82, 2.24) is 0 Å². The highest BCUT2D eigenvalue weighted by molar-refractivity contribution is 7.98. The van der Waals surface area contributed by atoms with Crippen molar-refractivity contribution in [2.24, 2.45) is 16.7 Å². The molecule has 3 atom stereocenters. The fourth-order valence-corrected chi connectivity index (χ4v) is 4.92. The van der Waals surface area contributed by atoms with Crippen LogP contribution < -0.4 is 4.74 Å². The van der Waals surface area contributed by atoms with E-state index in [2.05, 4.69) is 26.8 Å². The van der Waals surface area contributed by atoms with Crippen LogP contribution in [-0.4, -0.2) is 12.4 Å². The van der Waals surface area contributed by atoms with Gasteiger partial charge in [-0.15, -0.1) is 11.8 Å². The van der Waals surface area contributed by atoms with Gasteiger partial charge in [0.25, 0.3) is 0 Å². The average molecular weight is 301 g/mol. The van der Waals surface area contributed by atoms with Crippen LogP contribution in [0, 0.1) is 28.1 Å². The van der Waals surface area contributed by atoms with E-state index >= 15 is 0 Å². The predicted octanol–water partition coefficient (Wildman–Crippen LogP) is 4.87. The summed E-state index contributed by atoms with van der Waals surface area (Å²) < 4.78 is 6.38. The van der Waals surface area contributed by atoms with Crippen LogP contribution in [0.1, 0.15) is 45.6 Å². The lowest BCUT2D eigenvalue weighted by Crippen LogP contribution is -2.39. The van der Waals surface area contributed by atoms with E-state index in [1.807, 2.05) is 24.5 Å². The van der Waals surface area contributed by atoms with Crippen molar-refractivity contribution < 1.29 is 4.74 Å². The van der Waals surface area contributed by atoms with E-state index in [-0.39, 0.29) is 11.5 Å². The standard InChI is InChI=1S/C18H23NOS/c1-17(2)12-8-9-18(17,3)16(10-12)20-14-6-5-7-15(21-4)13(14)11-19/h5-7,12,16H,8-10H2,1-4H3. The van der Waals surface area contributed by atoms with E-state index < -0.39 is 0 Å². The van der Waals surface area contributed by atoms with Crippen LogP contribution in [-0.2, 0) is 0 Å². The molecule has 0 spiro atoms. The van der Waals surface area contributed by atoms with Gasteiger partial charge in [0.05, 0.1) is 0 Å². The molecule has 2 bridgehead atoms. The Balaban J connectivity index is 1.92. The summed E-state index contributed by atoms with van der Waals surface area (Å²) in [4.78, 5) is 1.00. The van der Waals surface area contributed by atoms with E-state index in [4.69, 9.17) is 4.74 Å². The van der Waals surface area contributed by atoms with Gasteiger partial charge in [-0.3, -0.25) is 0 Å². The van der Waals surface area contributed by atoms with Crippen molar-refractivity contribution in [3.63, 3.8) is 0 Å². The van der Waals surface area contributed by atoms with Crippen molar-refractivity contribution in [2.45, 2.75) is 51.0 Å². The van der Waals surface area contributed by atoms with E-state index in [1.54, 1.807) is 11.8 Å². The number of nitrogens with zero attached hydrogens (tertiary/aromatic N) is 1. The Morgan fingerprint density at radius 2 is 2.10 bits per heavy atom. The van der Waals surface area contributed by atoms with Gasteiger partial charge in [-0.2, -0.15) is 5.26 Å². The van der Waals surface area contributed by atoms with E-state index in [9.17, 15) is 5.26 Å². The van der Waals surface area contributed by atoms with Crippen LogP contribution in [0.15, 0.2) is 23.1 Å². The largest absolute Gasteiger partial charge is 0.488 e. The summed E-state index contributed by atoms with van der Waals surface area (Å²) in [5.41, 5.74) is 1.25. The minimum absolute atomic E-state index is 0.222. The average Bonchev–Trinajstić information content (AvgIpc) is 2.80. The van der Waals surface area contributed by atoms with Gasteiger partial charge >= 0.3 is 0 Å². The quantitative estimate of drug-likeness (QED) is 0.746. The molecule has 3 unspecified atom stereocenters. The molecule has 0 amide bonds. The summed E-state index contributed by atoms with van der Waals surface area (Å²) in [6.07, 6.45) is 5.91. The number of hydrogen-bond donors (Lipinski definition) is 0. The molecule has 0 heterocycles. The van der Waals surface area contributed by atoms with Crippen molar-refractivity contribution >= 4 is 11.8 Å². The summed E-state index contributed by atoms with van der Waals surface area (Å²) >= 11 is 1.60. The second-order valence-electron chi connectivity index (χ2n) is 7.16. The zero-order valence-corrected chi connectivity index (χ0v) is 14.1. The molecule has 2 fully saturated rings. The number of thioether (sulfide) groups is 1. The van der Waals surface area contributed by atoms with E-state index in [0.717, 1.165) is 23.0 Å². The molecule has 3 rings (SSSR count). The van der Waals surface area contributed by atoms with E-state index in [1.165, 1.54) is 12.8 Å². The SMILES string of the molecule is CSc1cccc(OC2CC3CCC2(C)C3(C)C)c1C#N. The highest BCUT2D eigenvalue weighted by atomic mass is 32.2. The van der Waals surface area contributed by atoms with Gasteiger partial charge in [-0.25, -0.2) is 0 Å². The first-order valence-corrected chi connectivity index (χ1v) is 8.90. The summed E-state index contributed by atoms with van der Waals surface area (Å²) in [6.45, 7) is 7.14. The summed E-state index contributed by atoms with van der Waals surface area (Å²) in [6, 6.07) is 8.24. The van der Waals surface area contributed by atoms with Crippen LogP contribution in [0.25, 0.3) is 0 Å². The van der Waals surface area contributed by atoms with Crippen molar-refractivity contribution in [1.29, 1.82) is 5.26 Å². The van der Waals surface area contributed by atoms with Crippen LogP contribution in [0.2, 0.25) is 0 Å². The number of rotatable bonds is 3. The Bertz CT molecular complexity index is 604. The number of fused-ring (bicyclic) bond motifs is 2. The maximum absolute atomic E-state index is 9.46. The molecule has 21 heavy (non-hydrogen) atoms. The zero-order valence-electron chi connectivity index (χ0n) is 13.3. The highest BCUT2D eigenvalue weighted by Crippen LogP contribution is 2.66.